The van der Waals surface area contributed by atoms with E-state index in [1.165, 1.54) is 0 Å². The maximum absolute atomic E-state index is 11.1. The summed E-state index contributed by atoms with van der Waals surface area (Å²) in [5, 5.41) is 0. The molecule has 1 aliphatic rings. The molecule has 94 valence electrons. The fourth-order valence-corrected chi connectivity index (χ4v) is 2.45. The first-order valence-electron chi connectivity index (χ1n) is 5.71. The monoisotopic (exact) mass is 247 g/mol. The zero-order chi connectivity index (χ0) is 11.4. The number of hydrogen-bond donors (Lipinski definition) is 0. The smallest absolute Gasteiger partial charge is 0.131 e. The van der Waals surface area contributed by atoms with E-state index in [4.69, 9.17) is 0 Å². The van der Waals surface area contributed by atoms with Crippen LogP contribution in [0, 0.1) is 0 Å². The number of ketones is 2. The average Bonchev–Trinajstić information content (AvgIpc) is 2.10. The molecule has 0 radical (unpaired) electrons. The molecule has 0 N–H and O–H groups in total. The zero-order valence-electron chi connectivity index (χ0n) is 10.4. The molecular formula is C12H22ClNO2. The van der Waals surface area contributed by atoms with Crippen LogP contribution in [-0.2, 0) is 9.59 Å². The van der Waals surface area contributed by atoms with Crippen LogP contribution in [0.2, 0.25) is 0 Å². The van der Waals surface area contributed by atoms with Gasteiger partial charge in [0.1, 0.15) is 11.6 Å². The van der Waals surface area contributed by atoms with Crippen molar-refractivity contribution in [2.45, 2.75) is 58.0 Å². The van der Waals surface area contributed by atoms with Crippen LogP contribution in [-0.4, -0.2) is 35.6 Å². The van der Waals surface area contributed by atoms with Gasteiger partial charge in [0.15, 0.2) is 0 Å². The molecule has 1 aliphatic heterocycles. The van der Waals surface area contributed by atoms with Crippen molar-refractivity contribution in [3.05, 3.63) is 0 Å². The molecule has 0 aliphatic carbocycles. The van der Waals surface area contributed by atoms with Crippen LogP contribution >= 0.6 is 12.4 Å². The van der Waals surface area contributed by atoms with Crippen molar-refractivity contribution < 1.29 is 9.59 Å². The van der Waals surface area contributed by atoms with Crippen LogP contribution in [0.25, 0.3) is 0 Å². The summed E-state index contributed by atoms with van der Waals surface area (Å²) >= 11 is 0. The van der Waals surface area contributed by atoms with Gasteiger partial charge in [0, 0.05) is 24.9 Å². The molecule has 1 heterocycles. The Morgan fingerprint density at radius 1 is 1.06 bits per heavy atom. The van der Waals surface area contributed by atoms with E-state index >= 15 is 0 Å². The topological polar surface area (TPSA) is 37.4 Å². The van der Waals surface area contributed by atoms with Crippen molar-refractivity contribution in [1.29, 1.82) is 0 Å². The number of Topliss-reactive ketones (excluding diaryl/α,β-unsaturated/α-hetero) is 2. The molecule has 0 aromatic carbocycles. The first kappa shape index (κ1) is 15.6. The molecule has 2 unspecified atom stereocenters. The van der Waals surface area contributed by atoms with Gasteiger partial charge < -0.3 is 0 Å². The van der Waals surface area contributed by atoms with E-state index in [-0.39, 0.29) is 24.0 Å². The quantitative estimate of drug-likeness (QED) is 0.765. The van der Waals surface area contributed by atoms with Crippen LogP contribution in [0.3, 0.4) is 0 Å². The number of rotatable bonds is 4. The SMILES string of the molecule is CC(=O)CC1CCCC(CC(C)=O)N1C.Cl. The van der Waals surface area contributed by atoms with E-state index in [1.807, 2.05) is 7.05 Å². The van der Waals surface area contributed by atoms with Crippen LogP contribution in [0.15, 0.2) is 0 Å². The Labute approximate surface area is 104 Å². The normalized spacial score (nSPS) is 25.9. The second-order valence-electron chi connectivity index (χ2n) is 4.72. The lowest BCUT2D eigenvalue weighted by molar-refractivity contribution is -0.119. The number of hydrogen-bond acceptors (Lipinski definition) is 3. The number of halogens is 1. The van der Waals surface area contributed by atoms with Crippen molar-refractivity contribution in [2.75, 3.05) is 7.05 Å². The molecule has 0 saturated carbocycles. The highest BCUT2D eigenvalue weighted by atomic mass is 35.5. The van der Waals surface area contributed by atoms with Crippen molar-refractivity contribution >= 4 is 24.0 Å². The minimum absolute atomic E-state index is 0. The second-order valence-corrected chi connectivity index (χ2v) is 4.72. The van der Waals surface area contributed by atoms with Gasteiger partial charge in [0.05, 0.1) is 0 Å². The summed E-state index contributed by atoms with van der Waals surface area (Å²) in [4.78, 5) is 24.4. The van der Waals surface area contributed by atoms with Gasteiger partial charge in [-0.25, -0.2) is 0 Å². The lowest BCUT2D eigenvalue weighted by Crippen LogP contribution is -2.45. The number of likely N-dealkylation sites (tertiary alicyclic amines) is 1. The number of carbonyl (C=O) groups excluding carboxylic acids is 2. The van der Waals surface area contributed by atoms with Crippen molar-refractivity contribution in [3.8, 4) is 0 Å². The summed E-state index contributed by atoms with van der Waals surface area (Å²) < 4.78 is 0. The molecule has 0 aromatic heterocycles. The summed E-state index contributed by atoms with van der Waals surface area (Å²) in [6.45, 7) is 3.28. The zero-order valence-corrected chi connectivity index (χ0v) is 11.2. The van der Waals surface area contributed by atoms with Gasteiger partial charge in [-0.15, -0.1) is 12.4 Å². The lowest BCUT2D eigenvalue weighted by atomic mass is 9.91. The van der Waals surface area contributed by atoms with E-state index in [2.05, 4.69) is 4.90 Å². The van der Waals surface area contributed by atoms with Gasteiger partial charge in [-0.05, 0) is 33.7 Å². The molecular weight excluding hydrogens is 226 g/mol. The summed E-state index contributed by atoms with van der Waals surface area (Å²) in [6.07, 6.45) is 4.57. The summed E-state index contributed by atoms with van der Waals surface area (Å²) in [7, 11) is 2.04. The molecule has 4 heteroatoms. The highest BCUT2D eigenvalue weighted by molar-refractivity contribution is 5.85. The molecule has 1 fully saturated rings. The van der Waals surface area contributed by atoms with Crippen molar-refractivity contribution in [1.82, 2.24) is 4.90 Å². The third-order valence-corrected chi connectivity index (χ3v) is 3.27. The van der Waals surface area contributed by atoms with Crippen LogP contribution in [0.4, 0.5) is 0 Å². The molecule has 1 saturated heterocycles. The van der Waals surface area contributed by atoms with Gasteiger partial charge in [-0.2, -0.15) is 0 Å². The number of piperidine rings is 1. The maximum Gasteiger partial charge on any atom is 0.131 e. The third kappa shape index (κ3) is 4.62. The minimum Gasteiger partial charge on any atom is -0.300 e. The molecule has 0 aromatic rings. The van der Waals surface area contributed by atoms with Gasteiger partial charge in [0.25, 0.3) is 0 Å². The van der Waals surface area contributed by atoms with E-state index in [9.17, 15) is 9.59 Å². The van der Waals surface area contributed by atoms with Gasteiger partial charge >= 0.3 is 0 Å². The minimum atomic E-state index is 0. The van der Waals surface area contributed by atoms with Gasteiger partial charge in [-0.3, -0.25) is 14.5 Å². The summed E-state index contributed by atoms with van der Waals surface area (Å²) in [6, 6.07) is 0.696. The van der Waals surface area contributed by atoms with Crippen LogP contribution in [0.5, 0.6) is 0 Å². The summed E-state index contributed by atoms with van der Waals surface area (Å²) in [5.74, 6) is 0.491. The molecule has 0 spiro atoms. The van der Waals surface area contributed by atoms with Crippen LogP contribution < -0.4 is 0 Å². The Balaban J connectivity index is 0.00000225. The molecule has 0 amide bonds. The third-order valence-electron chi connectivity index (χ3n) is 3.27. The maximum atomic E-state index is 11.1. The molecule has 3 nitrogen and oxygen atoms in total. The molecule has 16 heavy (non-hydrogen) atoms. The molecule has 0 bridgehead atoms. The fourth-order valence-electron chi connectivity index (χ4n) is 2.45. The molecule has 1 rings (SSSR count). The lowest BCUT2D eigenvalue weighted by Gasteiger charge is -2.39. The van der Waals surface area contributed by atoms with Gasteiger partial charge in [0.2, 0.25) is 0 Å². The standard InChI is InChI=1S/C12H21NO2.ClH/c1-9(14)7-11-5-4-6-12(13(11)3)8-10(2)15;/h11-12H,4-8H2,1-3H3;1H. The Kier molecular flexibility index (Phi) is 6.84. The fraction of sp³-hybridized carbons (Fsp3) is 0.833. The second kappa shape index (κ2) is 7.02. The van der Waals surface area contributed by atoms with E-state index in [1.54, 1.807) is 13.8 Å². The first-order valence-corrected chi connectivity index (χ1v) is 5.71. The summed E-state index contributed by atoms with van der Waals surface area (Å²) in [5.41, 5.74) is 0. The highest BCUT2D eigenvalue weighted by Crippen LogP contribution is 2.25. The predicted molar refractivity (Wildman–Crippen MR) is 67.0 cm³/mol. The Hall–Kier alpha value is -0.410. The van der Waals surface area contributed by atoms with E-state index < -0.39 is 0 Å². The Bertz CT molecular complexity index is 231. The highest BCUT2D eigenvalue weighted by Gasteiger charge is 2.28. The number of carbonyl (C=O) groups is 2. The average molecular weight is 248 g/mol. The van der Waals surface area contributed by atoms with Crippen LogP contribution in [0.1, 0.15) is 46.0 Å². The van der Waals surface area contributed by atoms with Crippen molar-refractivity contribution in [2.24, 2.45) is 0 Å². The largest absolute Gasteiger partial charge is 0.300 e. The molecule has 2 atom stereocenters. The van der Waals surface area contributed by atoms with Crippen molar-refractivity contribution in [3.63, 3.8) is 0 Å². The van der Waals surface area contributed by atoms with E-state index in [0.717, 1.165) is 19.3 Å². The Morgan fingerprint density at radius 3 is 1.75 bits per heavy atom. The first-order chi connectivity index (χ1) is 7.00. The van der Waals surface area contributed by atoms with Gasteiger partial charge in [-0.1, -0.05) is 6.42 Å². The predicted octanol–water partition coefficient (Wildman–Crippen LogP) is 2.22. The Morgan fingerprint density at radius 2 is 1.44 bits per heavy atom. The number of nitrogens with zero attached hydrogens (tertiary/aromatic N) is 1. The van der Waals surface area contributed by atoms with E-state index in [0.29, 0.717) is 24.9 Å².